The molecular weight excluding hydrogens is 269 g/mol. The Balaban J connectivity index is 2.48. The third-order valence-corrected chi connectivity index (χ3v) is 2.87. The van der Waals surface area contributed by atoms with Gasteiger partial charge in [-0.3, -0.25) is 4.90 Å². The van der Waals surface area contributed by atoms with Gasteiger partial charge in [0.2, 0.25) is 0 Å². The first-order chi connectivity index (χ1) is 8.00. The van der Waals surface area contributed by atoms with E-state index < -0.39 is 12.1 Å². The molecule has 7 heteroatoms. The van der Waals surface area contributed by atoms with Gasteiger partial charge in [0.1, 0.15) is 6.61 Å². The van der Waals surface area contributed by atoms with Crippen LogP contribution in [0.1, 0.15) is 10.4 Å². The molecule has 1 aliphatic rings. The van der Waals surface area contributed by atoms with E-state index in [0.29, 0.717) is 6.54 Å². The number of carboxylic acids is 1. The van der Waals surface area contributed by atoms with Crippen molar-refractivity contribution in [3.63, 3.8) is 0 Å². The number of aromatic carboxylic acids is 1. The first-order valence-corrected chi connectivity index (χ1v) is 5.43. The number of rotatable bonds is 2. The number of carboxylic acid groups (broad SMARTS) is 1. The SMILES string of the molecule is O=C(O)c1cc(Cl)c(N2CCOC2=O)c(Cl)c1. The van der Waals surface area contributed by atoms with Gasteiger partial charge in [-0.25, -0.2) is 9.59 Å². The fourth-order valence-electron chi connectivity index (χ4n) is 1.54. The number of carbonyl (C=O) groups excluding carboxylic acids is 1. The van der Waals surface area contributed by atoms with E-state index in [1.54, 1.807) is 0 Å². The number of hydrogen-bond donors (Lipinski definition) is 1. The standard InChI is InChI=1S/C10H7Cl2NO4/c11-6-3-5(9(14)15)4-7(12)8(6)13-1-2-17-10(13)16/h3-4H,1-2H2,(H,14,15). The molecule has 1 amide bonds. The summed E-state index contributed by atoms with van der Waals surface area (Å²) < 4.78 is 4.76. The Kier molecular flexibility index (Phi) is 3.13. The number of cyclic esters (lactones) is 1. The van der Waals surface area contributed by atoms with Crippen molar-refractivity contribution in [3.8, 4) is 0 Å². The van der Waals surface area contributed by atoms with E-state index in [1.807, 2.05) is 0 Å². The molecule has 0 unspecified atom stereocenters. The van der Waals surface area contributed by atoms with Gasteiger partial charge >= 0.3 is 12.1 Å². The summed E-state index contributed by atoms with van der Waals surface area (Å²) in [6.45, 7) is 0.594. The Morgan fingerprint density at radius 3 is 2.35 bits per heavy atom. The molecule has 0 radical (unpaired) electrons. The lowest BCUT2D eigenvalue weighted by Crippen LogP contribution is -2.24. The fourth-order valence-corrected chi connectivity index (χ4v) is 2.23. The van der Waals surface area contributed by atoms with Gasteiger partial charge in [0.15, 0.2) is 0 Å². The van der Waals surface area contributed by atoms with Gasteiger partial charge in [0.25, 0.3) is 0 Å². The second-order valence-electron chi connectivity index (χ2n) is 3.36. The summed E-state index contributed by atoms with van der Waals surface area (Å²) in [6, 6.07) is 2.49. The molecule has 1 aromatic carbocycles. The molecule has 1 fully saturated rings. The molecule has 0 saturated carbocycles. The van der Waals surface area contributed by atoms with Crippen LogP contribution in [0.3, 0.4) is 0 Å². The molecule has 1 N–H and O–H groups in total. The first-order valence-electron chi connectivity index (χ1n) is 4.67. The highest BCUT2D eigenvalue weighted by Crippen LogP contribution is 2.36. The van der Waals surface area contributed by atoms with Crippen molar-refractivity contribution in [2.75, 3.05) is 18.1 Å². The number of anilines is 1. The van der Waals surface area contributed by atoms with Gasteiger partial charge in [-0.2, -0.15) is 0 Å². The normalized spacial score (nSPS) is 14.9. The second-order valence-corrected chi connectivity index (χ2v) is 4.17. The Bertz CT molecular complexity index is 480. The molecule has 1 aliphatic heterocycles. The molecule has 0 spiro atoms. The minimum absolute atomic E-state index is 0.0312. The van der Waals surface area contributed by atoms with Crippen LogP contribution in [0.2, 0.25) is 10.0 Å². The van der Waals surface area contributed by atoms with Crippen LogP contribution in [0.25, 0.3) is 0 Å². The second kappa shape index (κ2) is 4.43. The predicted molar refractivity (Wildman–Crippen MR) is 62.1 cm³/mol. The summed E-state index contributed by atoms with van der Waals surface area (Å²) in [5.74, 6) is -1.13. The number of ether oxygens (including phenoxy) is 1. The average molecular weight is 276 g/mol. The minimum Gasteiger partial charge on any atom is -0.478 e. The lowest BCUT2D eigenvalue weighted by Gasteiger charge is -2.16. The maximum atomic E-state index is 11.4. The summed E-state index contributed by atoms with van der Waals surface area (Å²) in [6.07, 6.45) is -0.545. The first kappa shape index (κ1) is 12.0. The van der Waals surface area contributed by atoms with Crippen molar-refractivity contribution in [3.05, 3.63) is 27.7 Å². The van der Waals surface area contributed by atoms with Gasteiger partial charge in [0, 0.05) is 0 Å². The molecule has 0 aromatic heterocycles. The van der Waals surface area contributed by atoms with Crippen LogP contribution >= 0.6 is 23.2 Å². The van der Waals surface area contributed by atoms with Gasteiger partial charge in [-0.1, -0.05) is 23.2 Å². The van der Waals surface area contributed by atoms with E-state index in [-0.39, 0.29) is 27.9 Å². The van der Waals surface area contributed by atoms with Gasteiger partial charge in [-0.15, -0.1) is 0 Å². The van der Waals surface area contributed by atoms with Crippen LogP contribution < -0.4 is 4.90 Å². The summed E-state index contributed by atoms with van der Waals surface area (Å²) in [7, 11) is 0. The Morgan fingerprint density at radius 1 is 1.35 bits per heavy atom. The average Bonchev–Trinajstić information content (AvgIpc) is 2.64. The summed E-state index contributed by atoms with van der Waals surface area (Å²) in [4.78, 5) is 23.4. The van der Waals surface area contributed by atoms with Gasteiger partial charge in [0.05, 0.1) is 27.8 Å². The Morgan fingerprint density at radius 2 is 1.94 bits per heavy atom. The topological polar surface area (TPSA) is 66.8 Å². The molecule has 17 heavy (non-hydrogen) atoms. The number of halogens is 2. The lowest BCUT2D eigenvalue weighted by molar-refractivity contribution is 0.0697. The van der Waals surface area contributed by atoms with E-state index in [0.717, 1.165) is 0 Å². The molecule has 1 saturated heterocycles. The molecule has 0 atom stereocenters. The van der Waals surface area contributed by atoms with E-state index in [9.17, 15) is 9.59 Å². The zero-order valence-electron chi connectivity index (χ0n) is 8.44. The van der Waals surface area contributed by atoms with E-state index in [2.05, 4.69) is 0 Å². The third kappa shape index (κ3) is 2.16. The molecule has 90 valence electrons. The largest absolute Gasteiger partial charge is 0.478 e. The van der Waals surface area contributed by atoms with E-state index in [4.69, 9.17) is 33.0 Å². The maximum absolute atomic E-state index is 11.4. The van der Waals surface area contributed by atoms with E-state index in [1.165, 1.54) is 17.0 Å². The van der Waals surface area contributed by atoms with Crippen LogP contribution in [-0.4, -0.2) is 30.3 Å². The van der Waals surface area contributed by atoms with Crippen molar-refractivity contribution >= 4 is 41.0 Å². The lowest BCUT2D eigenvalue weighted by atomic mass is 10.2. The minimum atomic E-state index is -1.13. The molecule has 1 heterocycles. The summed E-state index contributed by atoms with van der Waals surface area (Å²) in [5.41, 5.74) is 0.247. The number of amides is 1. The highest BCUT2D eigenvalue weighted by atomic mass is 35.5. The van der Waals surface area contributed by atoms with E-state index >= 15 is 0 Å². The van der Waals surface area contributed by atoms with Crippen molar-refractivity contribution in [2.24, 2.45) is 0 Å². The summed E-state index contributed by atoms with van der Waals surface area (Å²) >= 11 is 11.9. The molecular formula is C10H7Cl2NO4. The number of carbonyl (C=O) groups is 2. The predicted octanol–water partition coefficient (Wildman–Crippen LogP) is 2.65. The highest BCUT2D eigenvalue weighted by molar-refractivity contribution is 6.40. The van der Waals surface area contributed by atoms with Crippen molar-refractivity contribution in [1.29, 1.82) is 0 Å². The van der Waals surface area contributed by atoms with Crippen molar-refractivity contribution < 1.29 is 19.4 Å². The Labute approximate surface area is 106 Å². The molecule has 0 aliphatic carbocycles. The van der Waals surface area contributed by atoms with Crippen LogP contribution in [0.15, 0.2) is 12.1 Å². The van der Waals surface area contributed by atoms with Crippen molar-refractivity contribution in [2.45, 2.75) is 0 Å². The number of nitrogens with zero attached hydrogens (tertiary/aromatic N) is 1. The zero-order chi connectivity index (χ0) is 12.6. The Hall–Kier alpha value is -1.46. The van der Waals surface area contributed by atoms with Crippen LogP contribution in [0, 0.1) is 0 Å². The van der Waals surface area contributed by atoms with Crippen LogP contribution in [0.5, 0.6) is 0 Å². The molecule has 0 bridgehead atoms. The molecule has 2 rings (SSSR count). The van der Waals surface area contributed by atoms with Crippen molar-refractivity contribution in [1.82, 2.24) is 0 Å². The maximum Gasteiger partial charge on any atom is 0.414 e. The number of hydrogen-bond acceptors (Lipinski definition) is 3. The molecule has 1 aromatic rings. The third-order valence-electron chi connectivity index (χ3n) is 2.29. The van der Waals surface area contributed by atoms with Gasteiger partial charge in [-0.05, 0) is 12.1 Å². The fraction of sp³-hybridized carbons (Fsp3) is 0.200. The van der Waals surface area contributed by atoms with Gasteiger partial charge < -0.3 is 9.84 Å². The highest BCUT2D eigenvalue weighted by Gasteiger charge is 2.28. The smallest absolute Gasteiger partial charge is 0.414 e. The monoisotopic (exact) mass is 275 g/mol. The zero-order valence-corrected chi connectivity index (χ0v) is 9.96. The molecule has 5 nitrogen and oxygen atoms in total. The number of benzene rings is 1. The van der Waals surface area contributed by atoms with Crippen LogP contribution in [0.4, 0.5) is 10.5 Å². The summed E-state index contributed by atoms with van der Waals surface area (Å²) in [5, 5.41) is 9.03. The quantitative estimate of drug-likeness (QED) is 0.901. The van der Waals surface area contributed by atoms with Crippen LogP contribution in [-0.2, 0) is 4.74 Å².